The van der Waals surface area contributed by atoms with Gasteiger partial charge in [0.05, 0.1) is 17.3 Å². The highest BCUT2D eigenvalue weighted by atomic mass is 16.5. The van der Waals surface area contributed by atoms with Crippen molar-refractivity contribution in [3.05, 3.63) is 23.8 Å². The number of rotatable bonds is 1. The van der Waals surface area contributed by atoms with E-state index in [1.165, 1.54) is 12.1 Å². The molecule has 0 fully saturated rings. The van der Waals surface area contributed by atoms with Crippen molar-refractivity contribution in [3.8, 4) is 11.8 Å². The number of nitrogens with one attached hydrogen (secondary N) is 1. The summed E-state index contributed by atoms with van der Waals surface area (Å²) in [5.41, 5.74) is 0.719. The van der Waals surface area contributed by atoms with Crippen molar-refractivity contribution >= 4 is 11.7 Å². The van der Waals surface area contributed by atoms with E-state index < -0.39 is 12.0 Å². The molecule has 0 spiro atoms. The van der Waals surface area contributed by atoms with Gasteiger partial charge in [0.1, 0.15) is 18.4 Å². The van der Waals surface area contributed by atoms with E-state index in [0.717, 1.165) is 0 Å². The lowest BCUT2D eigenvalue weighted by Crippen LogP contribution is -2.29. The minimum absolute atomic E-state index is 0.170. The Hall–Kier alpha value is -2.22. The number of ether oxygens (including phenoxy) is 1. The fraction of sp³-hybridized carbons (Fsp3) is 0.200. The van der Waals surface area contributed by atoms with Gasteiger partial charge in [-0.2, -0.15) is 5.26 Å². The molecular weight excluding hydrogens is 196 g/mol. The number of nitriles is 1. The normalized spacial score (nSPS) is 17.9. The first-order chi connectivity index (χ1) is 7.20. The smallest absolute Gasteiger partial charge is 0.335 e. The third kappa shape index (κ3) is 1.70. The van der Waals surface area contributed by atoms with Gasteiger partial charge in [-0.05, 0) is 18.2 Å². The van der Waals surface area contributed by atoms with Gasteiger partial charge in [-0.1, -0.05) is 0 Å². The van der Waals surface area contributed by atoms with Crippen molar-refractivity contribution in [1.29, 1.82) is 5.26 Å². The van der Waals surface area contributed by atoms with Crippen molar-refractivity contribution in [2.24, 2.45) is 0 Å². The lowest BCUT2D eigenvalue weighted by molar-refractivity contribution is 0.0697. The number of carboxylic acid groups (broad SMARTS) is 1. The van der Waals surface area contributed by atoms with Crippen LogP contribution in [0.4, 0.5) is 5.69 Å². The highest BCUT2D eigenvalue weighted by molar-refractivity contribution is 5.89. The zero-order valence-corrected chi connectivity index (χ0v) is 7.73. The van der Waals surface area contributed by atoms with E-state index in [1.54, 1.807) is 6.07 Å². The molecule has 0 aromatic heterocycles. The summed E-state index contributed by atoms with van der Waals surface area (Å²) in [4.78, 5) is 10.7. The lowest BCUT2D eigenvalue weighted by atomic mass is 10.1. The standard InChI is InChI=1S/C10H8N2O3/c11-4-7-5-15-9-2-1-6(10(13)14)3-8(9)12-7/h1-3,7,12H,5H2,(H,13,14). The molecule has 15 heavy (non-hydrogen) atoms. The summed E-state index contributed by atoms with van der Waals surface area (Å²) >= 11 is 0. The van der Waals surface area contributed by atoms with E-state index in [4.69, 9.17) is 15.1 Å². The SMILES string of the molecule is N#CC1COc2ccc(C(=O)O)cc2N1. The van der Waals surface area contributed by atoms with Gasteiger partial charge < -0.3 is 15.2 Å². The first-order valence-electron chi connectivity index (χ1n) is 4.37. The van der Waals surface area contributed by atoms with E-state index in [2.05, 4.69) is 5.32 Å². The van der Waals surface area contributed by atoms with Crippen LogP contribution in [0.5, 0.6) is 5.75 Å². The minimum atomic E-state index is -1.00. The molecule has 0 amide bonds. The van der Waals surface area contributed by atoms with Crippen LogP contribution in [0.2, 0.25) is 0 Å². The van der Waals surface area contributed by atoms with E-state index in [-0.39, 0.29) is 12.2 Å². The predicted octanol–water partition coefficient (Wildman–Crippen LogP) is 1.08. The number of benzene rings is 1. The number of aromatic carboxylic acids is 1. The van der Waals surface area contributed by atoms with Crippen molar-refractivity contribution in [1.82, 2.24) is 0 Å². The topological polar surface area (TPSA) is 82.3 Å². The molecule has 2 rings (SSSR count). The van der Waals surface area contributed by atoms with Crippen LogP contribution in [0.3, 0.4) is 0 Å². The third-order valence-electron chi connectivity index (χ3n) is 2.12. The number of anilines is 1. The molecule has 0 saturated carbocycles. The summed E-state index contributed by atoms with van der Waals surface area (Å²) in [5.74, 6) is -0.426. The Morgan fingerprint density at radius 3 is 3.13 bits per heavy atom. The number of nitrogens with zero attached hydrogens (tertiary/aromatic N) is 1. The van der Waals surface area contributed by atoms with Gasteiger partial charge in [0.15, 0.2) is 0 Å². The van der Waals surface area contributed by atoms with Gasteiger partial charge in [0, 0.05) is 0 Å². The van der Waals surface area contributed by atoms with Crippen LogP contribution in [0, 0.1) is 11.3 Å². The van der Waals surface area contributed by atoms with Crippen LogP contribution in [-0.4, -0.2) is 23.7 Å². The highest BCUT2D eigenvalue weighted by Crippen LogP contribution is 2.29. The van der Waals surface area contributed by atoms with Crippen LogP contribution in [0.15, 0.2) is 18.2 Å². The Bertz CT molecular complexity index is 450. The minimum Gasteiger partial charge on any atom is -0.488 e. The van der Waals surface area contributed by atoms with Crippen LogP contribution in [0.25, 0.3) is 0 Å². The largest absolute Gasteiger partial charge is 0.488 e. The second-order valence-corrected chi connectivity index (χ2v) is 3.15. The molecular formula is C10H8N2O3. The van der Waals surface area contributed by atoms with Crippen LogP contribution in [-0.2, 0) is 0 Å². The maximum atomic E-state index is 10.7. The zero-order chi connectivity index (χ0) is 10.8. The average Bonchev–Trinajstić information content (AvgIpc) is 2.27. The molecule has 1 aliphatic rings. The van der Waals surface area contributed by atoms with Gasteiger partial charge in [-0.15, -0.1) is 0 Å². The number of fused-ring (bicyclic) bond motifs is 1. The first kappa shape index (κ1) is 9.34. The monoisotopic (exact) mass is 204 g/mol. The maximum Gasteiger partial charge on any atom is 0.335 e. The summed E-state index contributed by atoms with van der Waals surface area (Å²) in [6, 6.07) is 6.09. The lowest BCUT2D eigenvalue weighted by Gasteiger charge is -2.23. The maximum absolute atomic E-state index is 10.7. The van der Waals surface area contributed by atoms with E-state index in [0.29, 0.717) is 11.4 Å². The summed E-state index contributed by atoms with van der Waals surface area (Å²) in [5, 5.41) is 20.4. The summed E-state index contributed by atoms with van der Waals surface area (Å²) in [7, 11) is 0. The Morgan fingerprint density at radius 2 is 2.47 bits per heavy atom. The van der Waals surface area contributed by atoms with Crippen LogP contribution < -0.4 is 10.1 Å². The van der Waals surface area contributed by atoms with Crippen LogP contribution >= 0.6 is 0 Å². The quantitative estimate of drug-likeness (QED) is 0.715. The second kappa shape index (κ2) is 3.50. The Morgan fingerprint density at radius 1 is 1.67 bits per heavy atom. The number of carbonyl (C=O) groups is 1. The number of carboxylic acids is 1. The predicted molar refractivity (Wildman–Crippen MR) is 51.9 cm³/mol. The third-order valence-corrected chi connectivity index (χ3v) is 2.12. The summed E-state index contributed by atoms with van der Waals surface area (Å²) < 4.78 is 5.28. The molecule has 1 atom stereocenters. The number of hydrogen-bond donors (Lipinski definition) is 2. The molecule has 0 radical (unpaired) electrons. The molecule has 0 bridgehead atoms. The van der Waals surface area contributed by atoms with Gasteiger partial charge >= 0.3 is 5.97 Å². The Kier molecular flexibility index (Phi) is 2.18. The van der Waals surface area contributed by atoms with E-state index in [1.807, 2.05) is 6.07 Å². The molecule has 1 aromatic carbocycles. The summed E-state index contributed by atoms with van der Waals surface area (Å²) in [6.45, 7) is 0.274. The highest BCUT2D eigenvalue weighted by Gasteiger charge is 2.19. The molecule has 1 unspecified atom stereocenters. The molecule has 76 valence electrons. The fourth-order valence-electron chi connectivity index (χ4n) is 1.37. The van der Waals surface area contributed by atoms with Gasteiger partial charge in [0.2, 0.25) is 0 Å². The molecule has 0 aliphatic carbocycles. The Labute approximate surface area is 85.9 Å². The van der Waals surface area contributed by atoms with Crippen molar-refractivity contribution in [3.63, 3.8) is 0 Å². The van der Waals surface area contributed by atoms with Crippen LogP contribution in [0.1, 0.15) is 10.4 Å². The fourth-order valence-corrected chi connectivity index (χ4v) is 1.37. The first-order valence-corrected chi connectivity index (χ1v) is 4.37. The molecule has 1 aliphatic heterocycles. The van der Waals surface area contributed by atoms with Crippen molar-refractivity contribution in [2.45, 2.75) is 6.04 Å². The number of hydrogen-bond acceptors (Lipinski definition) is 4. The average molecular weight is 204 g/mol. The molecule has 1 aromatic rings. The zero-order valence-electron chi connectivity index (χ0n) is 7.73. The van der Waals surface area contributed by atoms with E-state index in [9.17, 15) is 4.79 Å². The van der Waals surface area contributed by atoms with Gasteiger partial charge in [0.25, 0.3) is 0 Å². The summed E-state index contributed by atoms with van der Waals surface area (Å²) in [6.07, 6.45) is 0. The molecule has 5 heteroatoms. The van der Waals surface area contributed by atoms with E-state index >= 15 is 0 Å². The molecule has 0 saturated heterocycles. The van der Waals surface area contributed by atoms with Crippen molar-refractivity contribution < 1.29 is 14.6 Å². The second-order valence-electron chi connectivity index (χ2n) is 3.15. The van der Waals surface area contributed by atoms with Gasteiger partial charge in [-0.3, -0.25) is 0 Å². The molecule has 5 nitrogen and oxygen atoms in total. The Balaban J connectivity index is 2.35. The van der Waals surface area contributed by atoms with Gasteiger partial charge in [-0.25, -0.2) is 4.79 Å². The molecule has 1 heterocycles. The molecule has 2 N–H and O–H groups in total. The van der Waals surface area contributed by atoms with Crippen molar-refractivity contribution in [2.75, 3.05) is 11.9 Å².